The molecule has 0 radical (unpaired) electrons. The number of amides is 1. The van der Waals surface area contributed by atoms with Crippen molar-refractivity contribution in [2.24, 2.45) is 0 Å². The molecular weight excluding hydrogens is 404 g/mol. The molecule has 0 aliphatic heterocycles. The van der Waals surface area contributed by atoms with E-state index in [4.69, 9.17) is 11.6 Å². The van der Waals surface area contributed by atoms with Gasteiger partial charge in [0.1, 0.15) is 0 Å². The normalized spacial score (nSPS) is 13.5. The van der Waals surface area contributed by atoms with Crippen molar-refractivity contribution < 1.29 is 4.79 Å². The van der Waals surface area contributed by atoms with Crippen molar-refractivity contribution in [3.05, 3.63) is 59.1 Å². The first-order valence-electron chi connectivity index (χ1n) is 9.78. The molecule has 2 aromatic carbocycles. The van der Waals surface area contributed by atoms with Gasteiger partial charge in [-0.05, 0) is 62.6 Å². The van der Waals surface area contributed by atoms with E-state index in [1.54, 1.807) is 0 Å². The van der Waals surface area contributed by atoms with Gasteiger partial charge in [0.2, 0.25) is 5.91 Å². The van der Waals surface area contributed by atoms with Crippen LogP contribution in [0.2, 0.25) is 5.02 Å². The number of hydrogen-bond donors (Lipinski definition) is 0. The summed E-state index contributed by atoms with van der Waals surface area (Å²) in [5.41, 5.74) is 3.05. The van der Waals surface area contributed by atoms with Crippen molar-refractivity contribution in [3.8, 4) is 17.1 Å². The molecule has 150 valence electrons. The number of para-hydroxylation sites is 1. The fourth-order valence-electron chi connectivity index (χ4n) is 3.41. The Morgan fingerprint density at radius 3 is 2.55 bits per heavy atom. The van der Waals surface area contributed by atoms with Gasteiger partial charge >= 0.3 is 0 Å². The van der Waals surface area contributed by atoms with E-state index < -0.39 is 0 Å². The minimum Gasteiger partial charge on any atom is -0.339 e. The van der Waals surface area contributed by atoms with Gasteiger partial charge in [-0.15, -0.1) is 10.2 Å². The molecule has 4 rings (SSSR count). The molecule has 29 heavy (non-hydrogen) atoms. The van der Waals surface area contributed by atoms with Crippen LogP contribution in [0.4, 0.5) is 0 Å². The van der Waals surface area contributed by atoms with Crippen molar-refractivity contribution in [1.29, 1.82) is 0 Å². The predicted octanol–water partition coefficient (Wildman–Crippen LogP) is 5.00. The number of aryl methyl sites for hydroxylation is 1. The Labute approximate surface area is 180 Å². The van der Waals surface area contributed by atoms with Crippen LogP contribution < -0.4 is 0 Å². The van der Waals surface area contributed by atoms with E-state index in [1.165, 1.54) is 11.8 Å². The molecule has 0 saturated heterocycles. The number of carbonyl (C=O) groups is 1. The summed E-state index contributed by atoms with van der Waals surface area (Å²) in [6.45, 7) is 4.85. The molecule has 3 aromatic rings. The fraction of sp³-hybridized carbons (Fsp3) is 0.318. The van der Waals surface area contributed by atoms with Crippen LogP contribution in [0.1, 0.15) is 25.3 Å². The number of rotatable bonds is 7. The summed E-state index contributed by atoms with van der Waals surface area (Å²) in [5.74, 6) is 1.25. The van der Waals surface area contributed by atoms with Gasteiger partial charge in [0.15, 0.2) is 11.0 Å². The van der Waals surface area contributed by atoms with Crippen molar-refractivity contribution in [1.82, 2.24) is 19.7 Å². The number of benzene rings is 2. The molecule has 1 aliphatic rings. The topological polar surface area (TPSA) is 51.0 Å². The maximum Gasteiger partial charge on any atom is 0.233 e. The first-order chi connectivity index (χ1) is 14.1. The Morgan fingerprint density at radius 2 is 1.90 bits per heavy atom. The molecule has 0 unspecified atom stereocenters. The number of nitrogens with zero attached hydrogens (tertiary/aromatic N) is 4. The number of thioether (sulfide) groups is 1. The lowest BCUT2D eigenvalue weighted by Crippen LogP contribution is -2.34. The van der Waals surface area contributed by atoms with Crippen LogP contribution in [-0.2, 0) is 4.79 Å². The van der Waals surface area contributed by atoms with Gasteiger partial charge in [0.05, 0.1) is 11.4 Å². The molecule has 1 saturated carbocycles. The van der Waals surface area contributed by atoms with E-state index in [1.807, 2.05) is 58.9 Å². The Balaban J connectivity index is 1.67. The molecule has 1 heterocycles. The van der Waals surface area contributed by atoms with Crippen molar-refractivity contribution in [3.63, 3.8) is 0 Å². The number of aromatic nitrogens is 3. The van der Waals surface area contributed by atoms with Gasteiger partial charge in [-0.25, -0.2) is 0 Å². The van der Waals surface area contributed by atoms with Crippen molar-refractivity contribution in [2.75, 3.05) is 12.3 Å². The summed E-state index contributed by atoms with van der Waals surface area (Å²) < 4.78 is 2.03. The van der Waals surface area contributed by atoms with Crippen LogP contribution >= 0.6 is 23.4 Å². The van der Waals surface area contributed by atoms with E-state index >= 15 is 0 Å². The molecule has 0 atom stereocenters. The summed E-state index contributed by atoms with van der Waals surface area (Å²) in [6, 6.07) is 16.1. The minimum absolute atomic E-state index is 0.160. The minimum atomic E-state index is 0.160. The summed E-state index contributed by atoms with van der Waals surface area (Å²) in [4.78, 5) is 14.7. The number of halogens is 1. The van der Waals surface area contributed by atoms with E-state index in [2.05, 4.69) is 23.2 Å². The fourth-order valence-corrected chi connectivity index (χ4v) is 4.37. The smallest absolute Gasteiger partial charge is 0.233 e. The molecule has 0 bridgehead atoms. The first-order valence-corrected chi connectivity index (χ1v) is 11.1. The second-order valence-corrected chi connectivity index (χ2v) is 8.51. The quantitative estimate of drug-likeness (QED) is 0.499. The van der Waals surface area contributed by atoms with Crippen molar-refractivity contribution in [2.45, 2.75) is 37.9 Å². The summed E-state index contributed by atoms with van der Waals surface area (Å²) in [7, 11) is 0. The van der Waals surface area contributed by atoms with Crippen LogP contribution in [0.25, 0.3) is 17.1 Å². The van der Waals surface area contributed by atoms with Gasteiger partial charge < -0.3 is 4.90 Å². The van der Waals surface area contributed by atoms with Crippen LogP contribution in [-0.4, -0.2) is 43.9 Å². The van der Waals surface area contributed by atoms with Gasteiger partial charge in [0.25, 0.3) is 0 Å². The Kier molecular flexibility index (Phi) is 5.92. The first kappa shape index (κ1) is 20.0. The second kappa shape index (κ2) is 8.59. The van der Waals surface area contributed by atoms with Crippen LogP contribution in [0.3, 0.4) is 0 Å². The lowest BCUT2D eigenvalue weighted by Gasteiger charge is -2.20. The molecule has 1 fully saturated rings. The highest BCUT2D eigenvalue weighted by atomic mass is 35.5. The highest BCUT2D eigenvalue weighted by Crippen LogP contribution is 2.31. The average Bonchev–Trinajstić information content (AvgIpc) is 3.47. The average molecular weight is 427 g/mol. The third-order valence-corrected chi connectivity index (χ3v) is 6.23. The molecule has 1 aliphatic carbocycles. The summed E-state index contributed by atoms with van der Waals surface area (Å²) in [5, 5.41) is 10.3. The van der Waals surface area contributed by atoms with Gasteiger partial charge in [0, 0.05) is 23.2 Å². The number of hydrogen-bond acceptors (Lipinski definition) is 4. The van der Waals surface area contributed by atoms with Gasteiger partial charge in [-0.3, -0.25) is 9.36 Å². The van der Waals surface area contributed by atoms with E-state index in [-0.39, 0.29) is 5.91 Å². The van der Waals surface area contributed by atoms with E-state index in [0.29, 0.717) is 22.0 Å². The standard InChI is InChI=1S/C22H23ClN4OS/c1-3-26(18-12-13-18)20(28)14-29-22-25-24-21(16-8-10-17(23)11-9-16)27(22)19-7-5-4-6-15(19)2/h4-11,18H,3,12-14H2,1-2H3. The monoisotopic (exact) mass is 426 g/mol. The highest BCUT2D eigenvalue weighted by Gasteiger charge is 2.31. The lowest BCUT2D eigenvalue weighted by molar-refractivity contribution is -0.128. The van der Waals surface area contributed by atoms with E-state index in [9.17, 15) is 4.79 Å². The maximum atomic E-state index is 12.7. The number of carbonyl (C=O) groups excluding carboxylic acids is 1. The third-order valence-electron chi connectivity index (χ3n) is 5.07. The molecule has 0 N–H and O–H groups in total. The van der Waals surface area contributed by atoms with Crippen LogP contribution in [0.15, 0.2) is 53.7 Å². The Bertz CT molecular complexity index is 1010. The molecule has 1 aromatic heterocycles. The van der Waals surface area contributed by atoms with Gasteiger partial charge in [-0.1, -0.05) is 41.6 Å². The lowest BCUT2D eigenvalue weighted by atomic mass is 10.1. The Morgan fingerprint density at radius 1 is 1.17 bits per heavy atom. The van der Waals surface area contributed by atoms with E-state index in [0.717, 1.165) is 42.0 Å². The second-order valence-electron chi connectivity index (χ2n) is 7.13. The molecule has 0 spiro atoms. The Hall–Kier alpha value is -2.31. The molecular formula is C22H23ClN4OS. The SMILES string of the molecule is CCN(C(=O)CSc1nnc(-c2ccc(Cl)cc2)n1-c1ccccc1C)C1CC1. The zero-order chi connectivity index (χ0) is 20.4. The molecule has 5 nitrogen and oxygen atoms in total. The predicted molar refractivity (Wildman–Crippen MR) is 118 cm³/mol. The third kappa shape index (κ3) is 4.33. The van der Waals surface area contributed by atoms with Gasteiger partial charge in [-0.2, -0.15) is 0 Å². The summed E-state index contributed by atoms with van der Waals surface area (Å²) >= 11 is 7.49. The largest absolute Gasteiger partial charge is 0.339 e. The molecule has 7 heteroatoms. The highest BCUT2D eigenvalue weighted by molar-refractivity contribution is 7.99. The van der Waals surface area contributed by atoms with Crippen molar-refractivity contribution >= 4 is 29.3 Å². The van der Waals surface area contributed by atoms with Crippen LogP contribution in [0.5, 0.6) is 0 Å². The zero-order valence-corrected chi connectivity index (χ0v) is 18.1. The maximum absolute atomic E-state index is 12.7. The van der Waals surface area contributed by atoms with Crippen LogP contribution in [0, 0.1) is 6.92 Å². The zero-order valence-electron chi connectivity index (χ0n) is 16.5. The molecule has 1 amide bonds. The summed E-state index contributed by atoms with van der Waals surface area (Å²) in [6.07, 6.45) is 2.23.